The number of hydrogen-bond donors (Lipinski definition) is 0. The molecule has 0 N–H and O–H groups in total. The molecule has 0 unspecified atom stereocenters. The van der Waals surface area contributed by atoms with Crippen LogP contribution in [0.2, 0.25) is 0 Å². The normalized spacial score (nSPS) is 11.8. The predicted octanol–water partition coefficient (Wildman–Crippen LogP) is 3.85. The Hall–Kier alpha value is -1.57. The molecule has 1 aromatic carbocycles. The van der Waals surface area contributed by atoms with Gasteiger partial charge in [0, 0.05) is 11.1 Å². The Kier molecular flexibility index (Phi) is 2.82. The molecule has 2 nitrogen and oxygen atoms in total. The van der Waals surface area contributed by atoms with Gasteiger partial charge in [-0.3, -0.25) is 0 Å². The van der Waals surface area contributed by atoms with E-state index in [1.807, 2.05) is 6.07 Å². The van der Waals surface area contributed by atoms with Crippen LogP contribution in [0.25, 0.3) is 10.8 Å². The Morgan fingerprint density at radius 1 is 1.06 bits per heavy atom. The van der Waals surface area contributed by atoms with E-state index in [4.69, 9.17) is 4.74 Å². The van der Waals surface area contributed by atoms with Gasteiger partial charge in [-0.2, -0.15) is 0 Å². The zero-order chi connectivity index (χ0) is 12.6. The van der Waals surface area contributed by atoms with Gasteiger partial charge in [-0.15, -0.1) is 0 Å². The highest BCUT2D eigenvalue weighted by Crippen LogP contribution is 2.35. The summed E-state index contributed by atoms with van der Waals surface area (Å²) in [5, 5.41) is 2.33. The van der Waals surface area contributed by atoms with Crippen molar-refractivity contribution in [2.75, 3.05) is 7.11 Å². The van der Waals surface area contributed by atoms with Crippen LogP contribution in [0.3, 0.4) is 0 Å². The van der Waals surface area contributed by atoms with Crippen molar-refractivity contribution in [1.29, 1.82) is 0 Å². The summed E-state index contributed by atoms with van der Waals surface area (Å²) < 4.78 is 5.36. The van der Waals surface area contributed by atoms with E-state index in [1.165, 1.54) is 10.9 Å². The first-order valence-corrected chi connectivity index (χ1v) is 5.89. The molecule has 0 aliphatic heterocycles. The molecular formula is C15H19NO. The second-order valence-electron chi connectivity index (χ2n) is 5.38. The molecule has 0 aliphatic rings. The number of fused-ring (bicyclic) bond motifs is 1. The number of hydrogen-bond acceptors (Lipinski definition) is 2. The Morgan fingerprint density at radius 3 is 2.18 bits per heavy atom. The van der Waals surface area contributed by atoms with Crippen molar-refractivity contribution in [3.63, 3.8) is 0 Å². The Labute approximate surface area is 103 Å². The monoisotopic (exact) mass is 229 g/mol. The van der Waals surface area contributed by atoms with Gasteiger partial charge < -0.3 is 4.74 Å². The minimum Gasteiger partial charge on any atom is -0.481 e. The van der Waals surface area contributed by atoms with E-state index in [2.05, 4.69) is 50.9 Å². The molecule has 0 radical (unpaired) electrons. The van der Waals surface area contributed by atoms with Crippen LogP contribution in [0.5, 0.6) is 5.88 Å². The van der Waals surface area contributed by atoms with Crippen molar-refractivity contribution in [2.45, 2.75) is 33.1 Å². The van der Waals surface area contributed by atoms with Gasteiger partial charge in [-0.05, 0) is 29.4 Å². The standard InChI is InChI=1S/C15H19NO/c1-10-13(15(2,3)4)11-8-6-7-9-12(11)14(16-10)17-5/h6-9H,1-5H3. The smallest absolute Gasteiger partial charge is 0.221 e. The minimum absolute atomic E-state index is 0.0863. The molecule has 0 atom stereocenters. The fourth-order valence-electron chi connectivity index (χ4n) is 2.45. The van der Waals surface area contributed by atoms with Gasteiger partial charge in [0.2, 0.25) is 5.88 Å². The molecule has 0 amide bonds. The number of aryl methyl sites for hydroxylation is 1. The van der Waals surface area contributed by atoms with Crippen molar-refractivity contribution < 1.29 is 4.74 Å². The number of nitrogens with zero attached hydrogens (tertiary/aromatic N) is 1. The van der Waals surface area contributed by atoms with Crippen LogP contribution in [-0.2, 0) is 5.41 Å². The lowest BCUT2D eigenvalue weighted by Crippen LogP contribution is -2.15. The van der Waals surface area contributed by atoms with Crippen LogP contribution < -0.4 is 4.74 Å². The van der Waals surface area contributed by atoms with Gasteiger partial charge >= 0.3 is 0 Å². The van der Waals surface area contributed by atoms with E-state index in [1.54, 1.807) is 7.11 Å². The van der Waals surface area contributed by atoms with Crippen LogP contribution in [0.4, 0.5) is 0 Å². The average molecular weight is 229 g/mol. The van der Waals surface area contributed by atoms with Crippen molar-refractivity contribution >= 4 is 10.8 Å². The van der Waals surface area contributed by atoms with Crippen molar-refractivity contribution in [1.82, 2.24) is 4.98 Å². The first kappa shape index (κ1) is 11.9. The van der Waals surface area contributed by atoms with Crippen LogP contribution in [-0.4, -0.2) is 12.1 Å². The zero-order valence-corrected chi connectivity index (χ0v) is 11.2. The Balaban J connectivity index is 2.90. The maximum Gasteiger partial charge on any atom is 0.221 e. The molecule has 0 saturated heterocycles. The highest BCUT2D eigenvalue weighted by Gasteiger charge is 2.21. The summed E-state index contributed by atoms with van der Waals surface area (Å²) in [5.74, 6) is 0.714. The van der Waals surface area contributed by atoms with Crippen LogP contribution in [0.15, 0.2) is 24.3 Å². The highest BCUT2D eigenvalue weighted by atomic mass is 16.5. The molecule has 2 aromatic rings. The molecule has 0 spiro atoms. The third-order valence-electron chi connectivity index (χ3n) is 3.00. The van der Waals surface area contributed by atoms with E-state index < -0.39 is 0 Å². The number of rotatable bonds is 1. The molecule has 2 rings (SSSR count). The van der Waals surface area contributed by atoms with Crippen molar-refractivity contribution in [3.8, 4) is 5.88 Å². The second kappa shape index (κ2) is 4.02. The molecule has 0 fully saturated rings. The number of methoxy groups -OCH3 is 1. The topological polar surface area (TPSA) is 22.1 Å². The lowest BCUT2D eigenvalue weighted by atomic mass is 9.83. The van der Waals surface area contributed by atoms with Crippen LogP contribution in [0, 0.1) is 6.92 Å². The molecule has 0 bridgehead atoms. The van der Waals surface area contributed by atoms with Crippen LogP contribution in [0.1, 0.15) is 32.0 Å². The molecule has 1 heterocycles. The van der Waals surface area contributed by atoms with Gasteiger partial charge in [0.1, 0.15) is 0 Å². The summed E-state index contributed by atoms with van der Waals surface area (Å²) in [4.78, 5) is 4.56. The van der Waals surface area contributed by atoms with Gasteiger partial charge in [-0.1, -0.05) is 39.0 Å². The third kappa shape index (κ3) is 1.99. The molecule has 90 valence electrons. The average Bonchev–Trinajstić information content (AvgIpc) is 2.25. The van der Waals surface area contributed by atoms with Gasteiger partial charge in [0.05, 0.1) is 7.11 Å². The van der Waals surface area contributed by atoms with E-state index in [0.29, 0.717) is 5.88 Å². The molecule has 1 aromatic heterocycles. The minimum atomic E-state index is 0.0863. The number of ether oxygens (including phenoxy) is 1. The van der Waals surface area contributed by atoms with Gasteiger partial charge in [0.25, 0.3) is 0 Å². The fraction of sp³-hybridized carbons (Fsp3) is 0.400. The summed E-state index contributed by atoms with van der Waals surface area (Å²) in [5.41, 5.74) is 2.44. The Morgan fingerprint density at radius 2 is 1.65 bits per heavy atom. The van der Waals surface area contributed by atoms with Gasteiger partial charge in [0.15, 0.2) is 0 Å². The van der Waals surface area contributed by atoms with E-state index in [9.17, 15) is 0 Å². The van der Waals surface area contributed by atoms with Crippen LogP contribution >= 0.6 is 0 Å². The number of benzene rings is 1. The molecule has 17 heavy (non-hydrogen) atoms. The highest BCUT2D eigenvalue weighted by molar-refractivity contribution is 5.91. The lowest BCUT2D eigenvalue weighted by Gasteiger charge is -2.24. The SMILES string of the molecule is COc1nc(C)c(C(C)(C)C)c2ccccc12. The van der Waals surface area contributed by atoms with E-state index >= 15 is 0 Å². The lowest BCUT2D eigenvalue weighted by molar-refractivity contribution is 0.401. The largest absolute Gasteiger partial charge is 0.481 e. The molecule has 0 saturated carbocycles. The summed E-state index contributed by atoms with van der Waals surface area (Å²) in [6.07, 6.45) is 0. The predicted molar refractivity (Wildman–Crippen MR) is 71.7 cm³/mol. The number of pyridine rings is 1. The van der Waals surface area contributed by atoms with Crippen molar-refractivity contribution in [2.24, 2.45) is 0 Å². The summed E-state index contributed by atoms with van der Waals surface area (Å²) >= 11 is 0. The fourth-order valence-corrected chi connectivity index (χ4v) is 2.45. The molecular weight excluding hydrogens is 210 g/mol. The summed E-state index contributed by atoms with van der Waals surface area (Å²) in [7, 11) is 1.67. The quantitative estimate of drug-likeness (QED) is 0.741. The first-order chi connectivity index (χ1) is 7.95. The molecule has 2 heteroatoms. The van der Waals surface area contributed by atoms with Gasteiger partial charge in [-0.25, -0.2) is 4.98 Å². The maximum absolute atomic E-state index is 5.36. The molecule has 0 aliphatic carbocycles. The Bertz CT molecular complexity index is 553. The second-order valence-corrected chi connectivity index (χ2v) is 5.38. The summed E-state index contributed by atoms with van der Waals surface area (Å²) in [6, 6.07) is 8.30. The first-order valence-electron chi connectivity index (χ1n) is 5.89. The zero-order valence-electron chi connectivity index (χ0n) is 11.2. The third-order valence-corrected chi connectivity index (χ3v) is 3.00. The summed E-state index contributed by atoms with van der Waals surface area (Å²) in [6.45, 7) is 8.71. The number of aromatic nitrogens is 1. The van der Waals surface area contributed by atoms with Crippen molar-refractivity contribution in [3.05, 3.63) is 35.5 Å². The van der Waals surface area contributed by atoms with E-state index in [0.717, 1.165) is 11.1 Å². The maximum atomic E-state index is 5.36. The van der Waals surface area contributed by atoms with E-state index in [-0.39, 0.29) is 5.41 Å².